The number of unbranched alkanes of at least 4 members (excludes halogenated alkanes) is 3. The quantitative estimate of drug-likeness (QED) is 0.572. The van der Waals surface area contributed by atoms with Gasteiger partial charge in [-0.2, -0.15) is 0 Å². The molecule has 21 heavy (non-hydrogen) atoms. The molecule has 0 unspecified atom stereocenters. The van der Waals surface area contributed by atoms with Gasteiger partial charge in [0.25, 0.3) is 0 Å². The van der Waals surface area contributed by atoms with Crippen molar-refractivity contribution in [2.45, 2.75) is 58.9 Å². The number of hydrogen-bond acceptors (Lipinski definition) is 2. The maximum Gasteiger partial charge on any atom is 0.139 e. The molecule has 0 spiro atoms. The molecular formula is C17H27Cl2NO. The first-order valence-electron chi connectivity index (χ1n) is 7.88. The number of aryl methyl sites for hydroxylation is 1. The van der Waals surface area contributed by atoms with Crippen molar-refractivity contribution in [3.63, 3.8) is 0 Å². The summed E-state index contributed by atoms with van der Waals surface area (Å²) >= 11 is 12.5. The number of rotatable bonds is 10. The van der Waals surface area contributed by atoms with Crippen molar-refractivity contribution in [2.75, 3.05) is 13.2 Å². The van der Waals surface area contributed by atoms with Crippen LogP contribution in [0.5, 0.6) is 5.75 Å². The van der Waals surface area contributed by atoms with E-state index in [2.05, 4.69) is 19.2 Å². The summed E-state index contributed by atoms with van der Waals surface area (Å²) in [6.07, 6.45) is 5.83. The van der Waals surface area contributed by atoms with Crippen LogP contribution >= 0.6 is 23.2 Å². The van der Waals surface area contributed by atoms with Gasteiger partial charge in [-0.3, -0.25) is 0 Å². The molecule has 1 rings (SSSR count). The number of halogens is 2. The Morgan fingerprint density at radius 3 is 2.43 bits per heavy atom. The second-order valence-corrected chi connectivity index (χ2v) is 6.39. The first kappa shape index (κ1) is 18.6. The summed E-state index contributed by atoms with van der Waals surface area (Å²) in [5.74, 6) is 0.674. The minimum Gasteiger partial charge on any atom is -0.492 e. The number of nitrogens with one attached hydrogen (secondary N) is 1. The fourth-order valence-electron chi connectivity index (χ4n) is 2.21. The van der Waals surface area contributed by atoms with E-state index in [-0.39, 0.29) is 0 Å². The Labute approximate surface area is 139 Å². The highest BCUT2D eigenvalue weighted by Gasteiger charge is 2.08. The van der Waals surface area contributed by atoms with Gasteiger partial charge >= 0.3 is 0 Å². The monoisotopic (exact) mass is 331 g/mol. The highest BCUT2D eigenvalue weighted by molar-refractivity contribution is 6.34. The van der Waals surface area contributed by atoms with Gasteiger partial charge in [-0.05, 0) is 44.4 Å². The predicted molar refractivity (Wildman–Crippen MR) is 92.9 cm³/mol. The number of hydrogen-bond donors (Lipinski definition) is 1. The van der Waals surface area contributed by atoms with E-state index in [4.69, 9.17) is 27.9 Å². The molecule has 0 atom stereocenters. The molecule has 1 N–H and O–H groups in total. The third kappa shape index (κ3) is 7.39. The van der Waals surface area contributed by atoms with Crippen LogP contribution in [0.3, 0.4) is 0 Å². The SMILES string of the molecule is CCOc1cc(Cl)c(CCCCCCNC(C)C)cc1Cl. The topological polar surface area (TPSA) is 21.3 Å². The fraction of sp³-hybridized carbons (Fsp3) is 0.647. The van der Waals surface area contributed by atoms with Gasteiger partial charge in [0, 0.05) is 17.1 Å². The molecule has 0 aliphatic rings. The van der Waals surface area contributed by atoms with Gasteiger partial charge in [-0.15, -0.1) is 0 Å². The Bertz CT molecular complexity index is 421. The van der Waals surface area contributed by atoms with Gasteiger partial charge in [0.05, 0.1) is 11.6 Å². The van der Waals surface area contributed by atoms with Crippen LogP contribution in [0, 0.1) is 0 Å². The van der Waals surface area contributed by atoms with Crippen molar-refractivity contribution in [2.24, 2.45) is 0 Å². The first-order valence-corrected chi connectivity index (χ1v) is 8.64. The van der Waals surface area contributed by atoms with Crippen molar-refractivity contribution in [3.05, 3.63) is 27.7 Å². The van der Waals surface area contributed by atoms with Crippen LogP contribution in [0.25, 0.3) is 0 Å². The molecule has 4 heteroatoms. The molecule has 0 heterocycles. The molecule has 0 fully saturated rings. The minimum atomic E-state index is 0.579. The zero-order chi connectivity index (χ0) is 15.7. The Morgan fingerprint density at radius 1 is 1.05 bits per heavy atom. The molecule has 0 aliphatic heterocycles. The lowest BCUT2D eigenvalue weighted by atomic mass is 10.1. The van der Waals surface area contributed by atoms with E-state index in [1.54, 1.807) is 0 Å². The highest BCUT2D eigenvalue weighted by Crippen LogP contribution is 2.32. The van der Waals surface area contributed by atoms with Crippen molar-refractivity contribution in [1.29, 1.82) is 0 Å². The van der Waals surface area contributed by atoms with Crippen molar-refractivity contribution >= 4 is 23.2 Å². The third-order valence-corrected chi connectivity index (χ3v) is 3.97. The van der Waals surface area contributed by atoms with E-state index in [1.165, 1.54) is 19.3 Å². The third-order valence-electron chi connectivity index (χ3n) is 3.33. The Morgan fingerprint density at radius 2 is 1.76 bits per heavy atom. The van der Waals surface area contributed by atoms with Crippen LogP contribution in [0.15, 0.2) is 12.1 Å². The molecule has 1 aromatic carbocycles. The summed E-state index contributed by atoms with van der Waals surface area (Å²) in [5.41, 5.74) is 1.12. The molecule has 0 radical (unpaired) electrons. The van der Waals surface area contributed by atoms with Crippen LogP contribution in [0.1, 0.15) is 52.0 Å². The van der Waals surface area contributed by atoms with Crippen LogP contribution in [-0.2, 0) is 6.42 Å². The van der Waals surface area contributed by atoms with Crippen LogP contribution in [0.4, 0.5) is 0 Å². The summed E-state index contributed by atoms with van der Waals surface area (Å²) in [6, 6.07) is 4.35. The van der Waals surface area contributed by atoms with Gasteiger partial charge < -0.3 is 10.1 Å². The summed E-state index contributed by atoms with van der Waals surface area (Å²) < 4.78 is 5.44. The lowest BCUT2D eigenvalue weighted by molar-refractivity contribution is 0.340. The van der Waals surface area contributed by atoms with Gasteiger partial charge in [0.1, 0.15) is 5.75 Å². The molecule has 120 valence electrons. The standard InChI is InChI=1S/C17H27Cl2NO/c1-4-21-17-12-15(18)14(11-16(17)19)9-7-5-6-8-10-20-13(2)3/h11-13,20H,4-10H2,1-3H3. The normalized spacial score (nSPS) is 11.1. The zero-order valence-electron chi connectivity index (χ0n) is 13.3. The van der Waals surface area contributed by atoms with E-state index >= 15 is 0 Å². The van der Waals surface area contributed by atoms with Crippen LogP contribution in [-0.4, -0.2) is 19.2 Å². The van der Waals surface area contributed by atoms with Gasteiger partial charge in [0.2, 0.25) is 0 Å². The summed E-state index contributed by atoms with van der Waals surface area (Å²) in [6.45, 7) is 7.99. The Balaban J connectivity index is 2.30. The first-order chi connectivity index (χ1) is 10.0. The van der Waals surface area contributed by atoms with E-state index in [9.17, 15) is 0 Å². The van der Waals surface area contributed by atoms with Crippen molar-refractivity contribution in [3.8, 4) is 5.75 Å². The van der Waals surface area contributed by atoms with Gasteiger partial charge in [0.15, 0.2) is 0 Å². The molecule has 0 amide bonds. The summed E-state index contributed by atoms with van der Waals surface area (Å²) in [5, 5.41) is 4.84. The van der Waals surface area contributed by atoms with Gasteiger partial charge in [-0.1, -0.05) is 49.9 Å². The lowest BCUT2D eigenvalue weighted by Gasteiger charge is -2.10. The molecule has 0 saturated carbocycles. The number of benzene rings is 1. The smallest absolute Gasteiger partial charge is 0.139 e. The van der Waals surface area contributed by atoms with Crippen molar-refractivity contribution < 1.29 is 4.74 Å². The maximum atomic E-state index is 6.29. The van der Waals surface area contributed by atoms with E-state index in [0.29, 0.717) is 23.4 Å². The lowest BCUT2D eigenvalue weighted by Crippen LogP contribution is -2.23. The van der Waals surface area contributed by atoms with Gasteiger partial charge in [-0.25, -0.2) is 0 Å². The van der Waals surface area contributed by atoms with E-state index < -0.39 is 0 Å². The van der Waals surface area contributed by atoms with Crippen molar-refractivity contribution in [1.82, 2.24) is 5.32 Å². The molecule has 0 saturated heterocycles. The second-order valence-electron chi connectivity index (χ2n) is 5.58. The number of ether oxygens (including phenoxy) is 1. The Hall–Kier alpha value is -0.440. The zero-order valence-corrected chi connectivity index (χ0v) is 14.9. The molecule has 0 aromatic heterocycles. The summed E-state index contributed by atoms with van der Waals surface area (Å²) in [4.78, 5) is 0. The molecule has 2 nitrogen and oxygen atoms in total. The molecule has 0 bridgehead atoms. The Kier molecular flexibility index (Phi) is 9.14. The second kappa shape index (κ2) is 10.3. The average molecular weight is 332 g/mol. The summed E-state index contributed by atoms with van der Waals surface area (Å²) in [7, 11) is 0. The predicted octanol–water partition coefficient (Wildman–Crippen LogP) is 5.49. The molecular weight excluding hydrogens is 305 g/mol. The minimum absolute atomic E-state index is 0.579. The van der Waals surface area contributed by atoms with E-state index in [1.807, 2.05) is 19.1 Å². The van der Waals surface area contributed by atoms with Crippen LogP contribution in [0.2, 0.25) is 10.0 Å². The van der Waals surface area contributed by atoms with Crippen LogP contribution < -0.4 is 10.1 Å². The average Bonchev–Trinajstić information content (AvgIpc) is 2.42. The molecule has 0 aliphatic carbocycles. The largest absolute Gasteiger partial charge is 0.492 e. The maximum absolute atomic E-state index is 6.29. The van der Waals surface area contributed by atoms with E-state index in [0.717, 1.165) is 30.0 Å². The molecule has 1 aromatic rings. The highest BCUT2D eigenvalue weighted by atomic mass is 35.5. The fourth-order valence-corrected chi connectivity index (χ4v) is 2.70.